The van der Waals surface area contributed by atoms with Gasteiger partial charge in [0.15, 0.2) is 0 Å². The molecule has 0 saturated heterocycles. The number of hydrogen-bond donors (Lipinski definition) is 0. The first-order chi connectivity index (χ1) is 7.29. The second-order valence-corrected chi connectivity index (χ2v) is 4.11. The molecule has 0 atom stereocenters. The van der Waals surface area contributed by atoms with E-state index in [9.17, 15) is 22.0 Å². The lowest BCUT2D eigenvalue weighted by Crippen LogP contribution is -2.14. The average molecular weight is 369 g/mol. The van der Waals surface area contributed by atoms with Crippen LogP contribution < -0.4 is 0 Å². The second kappa shape index (κ2) is 4.95. The summed E-state index contributed by atoms with van der Waals surface area (Å²) in [6.07, 6.45) is -7.16. The highest BCUT2D eigenvalue weighted by Crippen LogP contribution is 2.41. The summed E-state index contributed by atoms with van der Waals surface area (Å²) in [5.41, 5.74) is -2.77. The fourth-order valence-electron chi connectivity index (χ4n) is 1.18. The van der Waals surface area contributed by atoms with Crippen LogP contribution in [0.3, 0.4) is 0 Å². The van der Waals surface area contributed by atoms with Crippen LogP contribution in [0.1, 0.15) is 23.1 Å². The van der Waals surface area contributed by atoms with Gasteiger partial charge in [0.1, 0.15) is 4.60 Å². The van der Waals surface area contributed by atoms with E-state index in [-0.39, 0.29) is 10.9 Å². The number of alkyl halides is 6. The van der Waals surface area contributed by atoms with Gasteiger partial charge in [-0.05, 0) is 21.5 Å². The molecule has 90 valence electrons. The summed E-state index contributed by atoms with van der Waals surface area (Å²) in [4.78, 5) is 3.45. The van der Waals surface area contributed by atoms with Gasteiger partial charge in [0.25, 0.3) is 6.43 Å². The Morgan fingerprint density at radius 2 is 1.88 bits per heavy atom. The third-order valence-corrected chi connectivity index (χ3v) is 3.03. The molecule has 1 aromatic rings. The number of nitrogens with zero attached hydrogens (tertiary/aromatic N) is 1. The van der Waals surface area contributed by atoms with Gasteiger partial charge >= 0.3 is 6.18 Å². The number of rotatable bonds is 2. The van der Waals surface area contributed by atoms with Crippen LogP contribution in [-0.4, -0.2) is 4.98 Å². The first kappa shape index (κ1) is 13.8. The third kappa shape index (κ3) is 2.71. The van der Waals surface area contributed by atoms with Crippen LogP contribution in [0, 0.1) is 0 Å². The Kier molecular flexibility index (Phi) is 4.28. The maximum Gasteiger partial charge on any atom is 0.417 e. The maximum atomic E-state index is 12.6. The minimum Gasteiger partial charge on any atom is -0.249 e. The lowest BCUT2D eigenvalue weighted by Gasteiger charge is -2.16. The van der Waals surface area contributed by atoms with Crippen molar-refractivity contribution in [3.8, 4) is 0 Å². The van der Waals surface area contributed by atoms with E-state index in [1.165, 1.54) is 0 Å². The molecule has 0 bridgehead atoms. The molecule has 0 aliphatic heterocycles. The van der Waals surface area contributed by atoms with Crippen molar-refractivity contribution < 1.29 is 22.0 Å². The van der Waals surface area contributed by atoms with Crippen molar-refractivity contribution in [1.82, 2.24) is 4.98 Å². The van der Waals surface area contributed by atoms with Gasteiger partial charge in [-0.15, -0.1) is 0 Å². The minimum absolute atomic E-state index is 0.193. The highest BCUT2D eigenvalue weighted by molar-refractivity contribution is 9.10. The Labute approximate surface area is 104 Å². The van der Waals surface area contributed by atoms with Gasteiger partial charge in [0.2, 0.25) is 0 Å². The standard InChI is InChI=1S/C8H4Br2F5N/c9-1-3-2-16-6(10)4(7(11)12)5(3)8(13,14)15/h2,7H,1H2. The lowest BCUT2D eigenvalue weighted by atomic mass is 10.1. The van der Waals surface area contributed by atoms with Gasteiger partial charge in [-0.1, -0.05) is 15.9 Å². The molecule has 0 amide bonds. The first-order valence-corrected chi connectivity index (χ1v) is 5.79. The summed E-state index contributed by atoms with van der Waals surface area (Å²) in [5, 5.41) is -0.193. The number of hydrogen-bond acceptors (Lipinski definition) is 1. The van der Waals surface area contributed by atoms with Gasteiger partial charge in [0, 0.05) is 11.5 Å². The molecule has 0 aliphatic carbocycles. The first-order valence-electron chi connectivity index (χ1n) is 3.87. The summed E-state index contributed by atoms with van der Waals surface area (Å²) in [6.45, 7) is 0. The van der Waals surface area contributed by atoms with Crippen LogP contribution in [0.5, 0.6) is 0 Å². The fraction of sp³-hybridized carbons (Fsp3) is 0.375. The SMILES string of the molecule is FC(F)c1c(Br)ncc(CBr)c1C(F)(F)F. The van der Waals surface area contributed by atoms with E-state index in [0.717, 1.165) is 6.20 Å². The summed E-state index contributed by atoms with van der Waals surface area (Å²) < 4.78 is 62.5. The van der Waals surface area contributed by atoms with E-state index in [4.69, 9.17) is 0 Å². The summed E-state index contributed by atoms with van der Waals surface area (Å²) in [5.74, 6) is 0. The van der Waals surface area contributed by atoms with Crippen molar-refractivity contribution in [2.45, 2.75) is 17.9 Å². The van der Waals surface area contributed by atoms with Crippen molar-refractivity contribution in [2.75, 3.05) is 0 Å². The van der Waals surface area contributed by atoms with Gasteiger partial charge < -0.3 is 0 Å². The van der Waals surface area contributed by atoms with Crippen LogP contribution in [0.25, 0.3) is 0 Å². The molecule has 0 spiro atoms. The van der Waals surface area contributed by atoms with Crippen molar-refractivity contribution in [2.24, 2.45) is 0 Å². The fourth-order valence-corrected chi connectivity index (χ4v) is 2.08. The predicted octanol–water partition coefficient (Wildman–Crippen LogP) is 4.70. The highest BCUT2D eigenvalue weighted by atomic mass is 79.9. The smallest absolute Gasteiger partial charge is 0.249 e. The average Bonchev–Trinajstić information content (AvgIpc) is 2.15. The topological polar surface area (TPSA) is 12.9 Å². The van der Waals surface area contributed by atoms with Gasteiger partial charge in [-0.2, -0.15) is 13.2 Å². The number of halogens is 7. The third-order valence-electron chi connectivity index (χ3n) is 1.79. The summed E-state index contributed by atoms with van der Waals surface area (Å²) >= 11 is 5.41. The van der Waals surface area contributed by atoms with Crippen molar-refractivity contribution in [1.29, 1.82) is 0 Å². The highest BCUT2D eigenvalue weighted by Gasteiger charge is 2.39. The molecule has 0 aliphatic rings. The molecule has 0 N–H and O–H groups in total. The zero-order valence-electron chi connectivity index (χ0n) is 7.45. The molecule has 0 radical (unpaired) electrons. The van der Waals surface area contributed by atoms with E-state index < -0.39 is 28.3 Å². The largest absolute Gasteiger partial charge is 0.417 e. The van der Waals surface area contributed by atoms with Crippen LogP contribution >= 0.6 is 31.9 Å². The Morgan fingerprint density at radius 3 is 2.25 bits per heavy atom. The molecule has 16 heavy (non-hydrogen) atoms. The van der Waals surface area contributed by atoms with Crippen LogP contribution in [0.4, 0.5) is 22.0 Å². The molecule has 8 heteroatoms. The molecule has 0 saturated carbocycles. The van der Waals surface area contributed by atoms with Crippen LogP contribution in [0.15, 0.2) is 10.8 Å². The second-order valence-electron chi connectivity index (χ2n) is 2.80. The quantitative estimate of drug-likeness (QED) is 0.419. The Hall–Kier alpha value is -0.240. The van der Waals surface area contributed by atoms with Crippen molar-refractivity contribution >= 4 is 31.9 Å². The molecular weight excluding hydrogens is 365 g/mol. The summed E-state index contributed by atoms with van der Waals surface area (Å²) in [7, 11) is 0. The molecule has 0 unspecified atom stereocenters. The van der Waals surface area contributed by atoms with Gasteiger partial charge in [-0.3, -0.25) is 0 Å². The molecular formula is C8H4Br2F5N. The normalized spacial score (nSPS) is 12.2. The predicted molar refractivity (Wildman–Crippen MR) is 54.5 cm³/mol. The van der Waals surface area contributed by atoms with Gasteiger partial charge in [0.05, 0.1) is 11.1 Å². The van der Waals surface area contributed by atoms with E-state index >= 15 is 0 Å². The monoisotopic (exact) mass is 367 g/mol. The molecule has 1 nitrogen and oxygen atoms in total. The van der Waals surface area contributed by atoms with Crippen molar-refractivity contribution in [3.63, 3.8) is 0 Å². The van der Waals surface area contributed by atoms with Crippen LogP contribution in [0.2, 0.25) is 0 Å². The zero-order valence-corrected chi connectivity index (χ0v) is 10.6. The minimum atomic E-state index is -4.83. The zero-order chi connectivity index (χ0) is 12.5. The molecule has 0 aromatic carbocycles. The Morgan fingerprint density at radius 1 is 1.31 bits per heavy atom. The van der Waals surface area contributed by atoms with E-state index in [2.05, 4.69) is 36.8 Å². The van der Waals surface area contributed by atoms with Gasteiger partial charge in [-0.25, -0.2) is 13.8 Å². The lowest BCUT2D eigenvalue weighted by molar-refractivity contribution is -0.140. The molecule has 1 heterocycles. The van der Waals surface area contributed by atoms with Crippen LogP contribution in [-0.2, 0) is 11.5 Å². The number of pyridine rings is 1. The van der Waals surface area contributed by atoms with E-state index in [1.807, 2.05) is 0 Å². The number of aromatic nitrogens is 1. The Bertz CT molecular complexity index is 391. The Balaban J connectivity index is 3.56. The maximum absolute atomic E-state index is 12.6. The van der Waals surface area contributed by atoms with E-state index in [0.29, 0.717) is 0 Å². The molecule has 1 aromatic heterocycles. The van der Waals surface area contributed by atoms with Crippen molar-refractivity contribution in [3.05, 3.63) is 27.5 Å². The van der Waals surface area contributed by atoms with E-state index in [1.54, 1.807) is 0 Å². The molecule has 1 rings (SSSR count). The molecule has 0 fully saturated rings. The summed E-state index contributed by atoms with van der Waals surface area (Å²) in [6, 6.07) is 0.